The number of aromatic hydroxyl groups is 1. The molecule has 0 heterocycles. The van der Waals surface area contributed by atoms with Gasteiger partial charge in [0.25, 0.3) is 5.91 Å². The molecule has 0 saturated carbocycles. The second-order valence-electron chi connectivity index (χ2n) is 5.93. The van der Waals surface area contributed by atoms with E-state index in [1.165, 1.54) is 6.21 Å². The van der Waals surface area contributed by atoms with Crippen LogP contribution in [0.3, 0.4) is 0 Å². The van der Waals surface area contributed by atoms with E-state index in [0.29, 0.717) is 30.0 Å². The van der Waals surface area contributed by atoms with E-state index in [-0.39, 0.29) is 17.6 Å². The van der Waals surface area contributed by atoms with Gasteiger partial charge < -0.3 is 10.4 Å². The first-order chi connectivity index (χ1) is 13.1. The molecule has 2 amide bonds. The van der Waals surface area contributed by atoms with E-state index in [0.717, 1.165) is 18.4 Å². The Morgan fingerprint density at radius 3 is 2.52 bits per heavy atom. The van der Waals surface area contributed by atoms with Crippen LogP contribution < -0.4 is 10.7 Å². The molecular weight excluding hydrogens is 366 g/mol. The molecule has 2 rings (SSSR count). The molecule has 7 heteroatoms. The molecule has 6 nitrogen and oxygen atoms in total. The number of nitrogens with one attached hydrogen (secondary N) is 2. The van der Waals surface area contributed by atoms with Crippen molar-refractivity contribution in [1.82, 2.24) is 10.7 Å². The maximum atomic E-state index is 12.0. The summed E-state index contributed by atoms with van der Waals surface area (Å²) in [5, 5.41) is 16.3. The SMILES string of the molecule is O=C(CCCCCNC(=O)c1ccccc1Cl)N/N=C/c1ccc(O)cc1. The van der Waals surface area contributed by atoms with Crippen LogP contribution in [0.15, 0.2) is 53.6 Å². The van der Waals surface area contributed by atoms with Gasteiger partial charge in [0.05, 0.1) is 16.8 Å². The summed E-state index contributed by atoms with van der Waals surface area (Å²) in [5.74, 6) is -0.175. The maximum Gasteiger partial charge on any atom is 0.252 e. The molecule has 0 atom stereocenters. The molecule has 0 aliphatic carbocycles. The standard InChI is InChI=1S/C20H22ClN3O3/c21-18-7-4-3-6-17(18)20(27)22-13-5-1-2-8-19(26)24-23-14-15-9-11-16(25)12-10-15/h3-4,6-7,9-12,14,25H,1-2,5,8,13H2,(H,22,27)(H,24,26)/b23-14+. The van der Waals surface area contributed by atoms with Crippen molar-refractivity contribution in [1.29, 1.82) is 0 Å². The van der Waals surface area contributed by atoms with Crippen LogP contribution >= 0.6 is 11.6 Å². The highest BCUT2D eigenvalue weighted by molar-refractivity contribution is 6.33. The number of phenols is 1. The summed E-state index contributed by atoms with van der Waals surface area (Å²) in [5.41, 5.74) is 3.71. The Bertz CT molecular complexity index is 791. The minimum absolute atomic E-state index is 0.162. The third-order valence-corrected chi connectivity index (χ3v) is 4.11. The molecule has 0 fully saturated rings. The molecule has 0 bridgehead atoms. The lowest BCUT2D eigenvalue weighted by Gasteiger charge is -2.06. The lowest BCUT2D eigenvalue weighted by Crippen LogP contribution is -2.24. The fourth-order valence-corrected chi connectivity index (χ4v) is 2.55. The van der Waals surface area contributed by atoms with Crippen LogP contribution in [0.1, 0.15) is 41.6 Å². The quantitative estimate of drug-likeness (QED) is 0.349. The van der Waals surface area contributed by atoms with Crippen LogP contribution in [0, 0.1) is 0 Å². The molecule has 0 radical (unpaired) electrons. The highest BCUT2D eigenvalue weighted by Crippen LogP contribution is 2.14. The number of halogens is 1. The molecule has 0 unspecified atom stereocenters. The Hall–Kier alpha value is -2.86. The topological polar surface area (TPSA) is 90.8 Å². The number of phenolic OH excluding ortho intramolecular Hbond substituents is 1. The monoisotopic (exact) mass is 387 g/mol. The lowest BCUT2D eigenvalue weighted by molar-refractivity contribution is -0.121. The number of unbranched alkanes of at least 4 members (excludes halogenated alkanes) is 2. The van der Waals surface area contributed by atoms with E-state index >= 15 is 0 Å². The summed E-state index contributed by atoms with van der Waals surface area (Å²) < 4.78 is 0. The molecule has 2 aromatic carbocycles. The van der Waals surface area contributed by atoms with Gasteiger partial charge in [0, 0.05) is 13.0 Å². The highest BCUT2D eigenvalue weighted by atomic mass is 35.5. The van der Waals surface area contributed by atoms with Crippen molar-refractivity contribution in [2.45, 2.75) is 25.7 Å². The van der Waals surface area contributed by atoms with Crippen LogP contribution in [0.2, 0.25) is 5.02 Å². The summed E-state index contributed by atoms with van der Waals surface area (Å²) in [4.78, 5) is 23.7. The molecule has 0 aromatic heterocycles. The van der Waals surface area contributed by atoms with Gasteiger partial charge in [0.2, 0.25) is 5.91 Å². The number of nitrogens with zero attached hydrogens (tertiary/aromatic N) is 1. The molecule has 3 N–H and O–H groups in total. The van der Waals surface area contributed by atoms with E-state index in [1.54, 1.807) is 48.5 Å². The predicted molar refractivity (Wildman–Crippen MR) is 106 cm³/mol. The number of rotatable bonds is 9. The first-order valence-electron chi connectivity index (χ1n) is 8.70. The molecule has 0 aliphatic heterocycles. The maximum absolute atomic E-state index is 12.0. The van der Waals surface area contributed by atoms with Crippen LogP contribution in [0.5, 0.6) is 5.75 Å². The summed E-state index contributed by atoms with van der Waals surface area (Å²) in [7, 11) is 0. The second-order valence-corrected chi connectivity index (χ2v) is 6.34. The van der Waals surface area contributed by atoms with Gasteiger partial charge in [-0.3, -0.25) is 9.59 Å². The zero-order valence-electron chi connectivity index (χ0n) is 14.8. The van der Waals surface area contributed by atoms with Crippen LogP contribution in [0.4, 0.5) is 0 Å². The van der Waals surface area contributed by atoms with E-state index in [1.807, 2.05) is 0 Å². The van der Waals surface area contributed by atoms with E-state index < -0.39 is 0 Å². The van der Waals surface area contributed by atoms with Gasteiger partial charge in [-0.25, -0.2) is 5.43 Å². The minimum Gasteiger partial charge on any atom is -0.508 e. The molecule has 27 heavy (non-hydrogen) atoms. The summed E-state index contributed by atoms with van der Waals surface area (Å²) in [6.45, 7) is 0.532. The number of benzene rings is 2. The van der Waals surface area contributed by atoms with Crippen LogP contribution in [-0.2, 0) is 4.79 Å². The fourth-order valence-electron chi connectivity index (χ4n) is 2.32. The average Bonchev–Trinajstić information content (AvgIpc) is 2.66. The van der Waals surface area contributed by atoms with E-state index in [9.17, 15) is 14.7 Å². The van der Waals surface area contributed by atoms with Crippen molar-refractivity contribution in [3.8, 4) is 5.75 Å². The number of hydrazone groups is 1. The number of hydrogen-bond donors (Lipinski definition) is 3. The van der Waals surface area contributed by atoms with Gasteiger partial charge >= 0.3 is 0 Å². The van der Waals surface area contributed by atoms with Crippen molar-refractivity contribution in [3.63, 3.8) is 0 Å². The summed E-state index contributed by atoms with van der Waals surface area (Å²) in [6.07, 6.45) is 4.19. The van der Waals surface area contributed by atoms with Gasteiger partial charge in [0.1, 0.15) is 5.75 Å². The highest BCUT2D eigenvalue weighted by Gasteiger charge is 2.08. The smallest absolute Gasteiger partial charge is 0.252 e. The largest absolute Gasteiger partial charge is 0.508 e. The van der Waals surface area contributed by atoms with Crippen LogP contribution in [-0.4, -0.2) is 29.7 Å². The van der Waals surface area contributed by atoms with Crippen molar-refractivity contribution in [3.05, 3.63) is 64.7 Å². The Kier molecular flexibility index (Phi) is 8.32. The average molecular weight is 388 g/mol. The summed E-state index contributed by atoms with van der Waals surface area (Å²) in [6, 6.07) is 13.4. The minimum atomic E-state index is -0.193. The van der Waals surface area contributed by atoms with Crippen molar-refractivity contribution in [2.24, 2.45) is 5.10 Å². The Balaban J connectivity index is 1.56. The first-order valence-corrected chi connectivity index (χ1v) is 9.08. The number of carbonyl (C=O) groups excluding carboxylic acids is 2. The molecule has 0 aliphatic rings. The first kappa shape index (κ1) is 20.5. The van der Waals surface area contributed by atoms with E-state index in [4.69, 9.17) is 11.6 Å². The zero-order chi connectivity index (χ0) is 19.5. The van der Waals surface area contributed by atoms with E-state index in [2.05, 4.69) is 15.8 Å². The van der Waals surface area contributed by atoms with Crippen molar-refractivity contribution in [2.75, 3.05) is 6.54 Å². The zero-order valence-corrected chi connectivity index (χ0v) is 15.6. The molecule has 0 spiro atoms. The molecule has 0 saturated heterocycles. The Morgan fingerprint density at radius 1 is 1.04 bits per heavy atom. The second kappa shape index (κ2) is 11.0. The third-order valence-electron chi connectivity index (χ3n) is 3.78. The van der Waals surface area contributed by atoms with Gasteiger partial charge in [-0.1, -0.05) is 30.2 Å². The van der Waals surface area contributed by atoms with Crippen molar-refractivity contribution >= 4 is 29.6 Å². The Labute approximate surface area is 163 Å². The van der Waals surface area contributed by atoms with Crippen LogP contribution in [0.25, 0.3) is 0 Å². The molecule has 2 aromatic rings. The Morgan fingerprint density at radius 2 is 1.78 bits per heavy atom. The number of hydrogen-bond acceptors (Lipinski definition) is 4. The number of carbonyl (C=O) groups is 2. The predicted octanol–water partition coefficient (Wildman–Crippen LogP) is 3.49. The fraction of sp³-hybridized carbons (Fsp3) is 0.250. The normalized spacial score (nSPS) is 10.7. The van der Waals surface area contributed by atoms with Gasteiger partial charge in [-0.15, -0.1) is 0 Å². The van der Waals surface area contributed by atoms with Crippen molar-refractivity contribution < 1.29 is 14.7 Å². The third kappa shape index (κ3) is 7.50. The van der Waals surface area contributed by atoms with Gasteiger partial charge in [-0.2, -0.15) is 5.10 Å². The van der Waals surface area contributed by atoms with Gasteiger partial charge in [0.15, 0.2) is 0 Å². The number of amides is 2. The summed E-state index contributed by atoms with van der Waals surface area (Å²) >= 11 is 5.98. The lowest BCUT2D eigenvalue weighted by atomic mass is 10.1. The molecular formula is C20H22ClN3O3. The molecule has 142 valence electrons. The van der Waals surface area contributed by atoms with Gasteiger partial charge in [-0.05, 0) is 54.8 Å².